The van der Waals surface area contributed by atoms with E-state index < -0.39 is 17.6 Å². The molecule has 34 heavy (non-hydrogen) atoms. The van der Waals surface area contributed by atoms with Crippen molar-refractivity contribution < 1.29 is 22.4 Å². The number of hydrogen-bond acceptors (Lipinski definition) is 6. The molecule has 0 unspecified atom stereocenters. The number of alkyl halides is 3. The number of rotatable bonds is 3. The van der Waals surface area contributed by atoms with Crippen LogP contribution < -0.4 is 16.0 Å². The first kappa shape index (κ1) is 23.0. The van der Waals surface area contributed by atoms with Crippen molar-refractivity contribution in [2.45, 2.75) is 12.6 Å². The van der Waals surface area contributed by atoms with Crippen LogP contribution in [0.1, 0.15) is 11.1 Å². The number of benzene rings is 2. The number of carbonyl (C=O) groups is 1. The lowest BCUT2D eigenvalue weighted by Gasteiger charge is -2.10. The Morgan fingerprint density at radius 3 is 2.68 bits per heavy atom. The maximum atomic E-state index is 12.7. The van der Waals surface area contributed by atoms with Crippen LogP contribution in [0.15, 0.2) is 42.7 Å². The number of anilines is 3. The molecule has 5 rings (SSSR count). The Bertz CT molecular complexity index is 1350. The van der Waals surface area contributed by atoms with E-state index in [-0.39, 0.29) is 5.69 Å². The fourth-order valence-electron chi connectivity index (χ4n) is 3.67. The van der Waals surface area contributed by atoms with E-state index in [0.29, 0.717) is 17.5 Å². The number of H-pyrrole nitrogens is 1. The lowest BCUT2D eigenvalue weighted by atomic mass is 10.0. The Morgan fingerprint density at radius 1 is 1.18 bits per heavy atom. The van der Waals surface area contributed by atoms with Gasteiger partial charge in [-0.3, -0.25) is 9.89 Å². The van der Waals surface area contributed by atoms with Gasteiger partial charge in [-0.05, 0) is 42.3 Å². The molecule has 3 heterocycles. The quantitative estimate of drug-likeness (QED) is 0.306. The third kappa shape index (κ3) is 4.34. The number of nitrogens with two attached hydrogens (primary N) is 1. The van der Waals surface area contributed by atoms with Crippen LogP contribution in [-0.2, 0) is 17.4 Å². The Kier molecular flexibility index (Phi) is 6.05. The van der Waals surface area contributed by atoms with E-state index in [0.717, 1.165) is 59.4 Å². The zero-order valence-electron chi connectivity index (χ0n) is 17.8. The highest BCUT2D eigenvalue weighted by Gasteiger charge is 2.31. The maximum Gasteiger partial charge on any atom is 0.416 e. The summed E-state index contributed by atoms with van der Waals surface area (Å²) in [5.41, 5.74) is 9.32. The molecule has 0 aliphatic carbocycles. The second kappa shape index (κ2) is 8.96. The van der Waals surface area contributed by atoms with Crippen LogP contribution >= 0.6 is 0 Å². The standard InChI is InChI=1S/C14H12N6O.C8H7F4N/c15-13-11-12(18-19-14(11)17-6-16-13)9-1-2-10-8(5-9)3-4-20(10)7-21;1-13-7-4-5(8(10,11)12)2-3-6(7)9/h1-2,5-7H,3-4H2,(H3,15,16,17,18,19);2-4,13H,1H3. The maximum absolute atomic E-state index is 12.7. The van der Waals surface area contributed by atoms with Gasteiger partial charge < -0.3 is 16.0 Å². The smallest absolute Gasteiger partial charge is 0.386 e. The van der Waals surface area contributed by atoms with Crippen molar-refractivity contribution >= 4 is 34.6 Å². The largest absolute Gasteiger partial charge is 0.416 e. The van der Waals surface area contributed by atoms with Gasteiger partial charge >= 0.3 is 6.18 Å². The van der Waals surface area contributed by atoms with Crippen LogP contribution in [0.3, 0.4) is 0 Å². The third-order valence-corrected chi connectivity index (χ3v) is 5.37. The summed E-state index contributed by atoms with van der Waals surface area (Å²) < 4.78 is 49.0. The molecule has 2 aromatic carbocycles. The van der Waals surface area contributed by atoms with Gasteiger partial charge in [0.05, 0.1) is 22.3 Å². The van der Waals surface area contributed by atoms with Crippen LogP contribution in [0.5, 0.6) is 0 Å². The van der Waals surface area contributed by atoms with Crippen LogP contribution in [0.4, 0.5) is 34.8 Å². The molecule has 12 heteroatoms. The lowest BCUT2D eigenvalue weighted by Crippen LogP contribution is -2.17. The van der Waals surface area contributed by atoms with Gasteiger partial charge in [0, 0.05) is 24.8 Å². The molecule has 0 radical (unpaired) electrons. The van der Waals surface area contributed by atoms with Crippen LogP contribution in [0, 0.1) is 5.82 Å². The molecule has 0 saturated carbocycles. The Hall–Kier alpha value is -4.22. The second-order valence-electron chi connectivity index (χ2n) is 7.39. The molecule has 0 bridgehead atoms. The van der Waals surface area contributed by atoms with Crippen molar-refractivity contribution in [2.75, 3.05) is 29.5 Å². The molecule has 176 valence electrons. The van der Waals surface area contributed by atoms with Gasteiger partial charge in [0.25, 0.3) is 0 Å². The fraction of sp³-hybridized carbons (Fsp3) is 0.182. The van der Waals surface area contributed by atoms with Gasteiger partial charge in [0.1, 0.15) is 18.0 Å². The molecular formula is C22H19F4N7O. The summed E-state index contributed by atoms with van der Waals surface area (Å²) in [4.78, 5) is 20.8. The summed E-state index contributed by atoms with van der Waals surface area (Å²) in [7, 11) is 1.36. The van der Waals surface area contributed by atoms with Crippen molar-refractivity contribution in [2.24, 2.45) is 0 Å². The van der Waals surface area contributed by atoms with Crippen molar-refractivity contribution in [3.8, 4) is 11.3 Å². The number of nitrogen functional groups attached to an aromatic ring is 1. The van der Waals surface area contributed by atoms with Crippen molar-refractivity contribution in [3.05, 3.63) is 59.7 Å². The molecule has 1 amide bonds. The molecule has 2 aromatic heterocycles. The topological polar surface area (TPSA) is 113 Å². The predicted molar refractivity (Wildman–Crippen MR) is 120 cm³/mol. The molecule has 0 atom stereocenters. The minimum absolute atomic E-state index is 0.158. The Labute approximate surface area is 190 Å². The number of nitrogens with one attached hydrogen (secondary N) is 2. The molecule has 1 aliphatic rings. The molecular weight excluding hydrogens is 454 g/mol. The minimum atomic E-state index is -4.43. The first-order chi connectivity index (χ1) is 16.2. The minimum Gasteiger partial charge on any atom is -0.386 e. The Morgan fingerprint density at radius 2 is 1.97 bits per heavy atom. The number of nitrogens with zero attached hydrogens (tertiary/aromatic N) is 4. The molecule has 1 aliphatic heterocycles. The molecule has 0 saturated heterocycles. The first-order valence-corrected chi connectivity index (χ1v) is 10.1. The average molecular weight is 473 g/mol. The van der Waals surface area contributed by atoms with Crippen LogP contribution in [0.2, 0.25) is 0 Å². The van der Waals surface area contributed by atoms with Gasteiger partial charge in [0.15, 0.2) is 5.65 Å². The van der Waals surface area contributed by atoms with Gasteiger partial charge in [-0.1, -0.05) is 6.07 Å². The molecule has 4 N–H and O–H groups in total. The van der Waals surface area contributed by atoms with E-state index >= 15 is 0 Å². The summed E-state index contributed by atoms with van der Waals surface area (Å²) in [6.07, 6.45) is -1.32. The van der Waals surface area contributed by atoms with E-state index in [4.69, 9.17) is 5.73 Å². The number of fused-ring (bicyclic) bond motifs is 2. The number of aromatic amines is 1. The van der Waals surface area contributed by atoms with E-state index in [1.807, 2.05) is 12.1 Å². The first-order valence-electron chi connectivity index (χ1n) is 10.1. The monoisotopic (exact) mass is 473 g/mol. The highest BCUT2D eigenvalue weighted by molar-refractivity contribution is 5.98. The van der Waals surface area contributed by atoms with Gasteiger partial charge in [-0.2, -0.15) is 18.3 Å². The zero-order chi connectivity index (χ0) is 24.5. The number of carbonyl (C=O) groups excluding carboxylic acids is 1. The second-order valence-corrected chi connectivity index (χ2v) is 7.39. The number of amides is 1. The normalized spacial score (nSPS) is 12.8. The van der Waals surface area contributed by atoms with Crippen molar-refractivity contribution in [3.63, 3.8) is 0 Å². The van der Waals surface area contributed by atoms with E-state index in [9.17, 15) is 22.4 Å². The summed E-state index contributed by atoms with van der Waals surface area (Å²) in [5, 5.41) is 10.2. The summed E-state index contributed by atoms with van der Waals surface area (Å²) in [5.74, 6) is -0.297. The predicted octanol–water partition coefficient (Wildman–Crippen LogP) is 4.01. The van der Waals surface area contributed by atoms with Gasteiger partial charge in [-0.25, -0.2) is 14.4 Å². The molecule has 0 spiro atoms. The highest BCUT2D eigenvalue weighted by atomic mass is 19.4. The lowest BCUT2D eigenvalue weighted by molar-refractivity contribution is -0.137. The SMILES string of the molecule is CNc1cc(C(F)(F)F)ccc1F.Nc1ncnc2n[nH]c(-c3ccc4c(c3)CCN4C=O)c12. The van der Waals surface area contributed by atoms with E-state index in [1.165, 1.54) is 13.4 Å². The zero-order valence-corrected chi connectivity index (χ0v) is 17.8. The summed E-state index contributed by atoms with van der Waals surface area (Å²) >= 11 is 0. The third-order valence-electron chi connectivity index (χ3n) is 5.37. The van der Waals surface area contributed by atoms with Crippen molar-refractivity contribution in [1.82, 2.24) is 20.2 Å². The Balaban J connectivity index is 0.000000182. The molecule has 0 fully saturated rings. The fourth-order valence-corrected chi connectivity index (χ4v) is 3.67. The van der Waals surface area contributed by atoms with Crippen LogP contribution in [-0.4, -0.2) is 40.2 Å². The van der Waals surface area contributed by atoms with E-state index in [1.54, 1.807) is 4.90 Å². The summed E-state index contributed by atoms with van der Waals surface area (Å²) in [6.45, 7) is 0.720. The number of hydrogen-bond donors (Lipinski definition) is 3. The van der Waals surface area contributed by atoms with Crippen molar-refractivity contribution in [1.29, 1.82) is 0 Å². The van der Waals surface area contributed by atoms with Crippen LogP contribution in [0.25, 0.3) is 22.3 Å². The van der Waals surface area contributed by atoms with E-state index in [2.05, 4.69) is 31.5 Å². The van der Waals surface area contributed by atoms with Gasteiger partial charge in [-0.15, -0.1) is 0 Å². The average Bonchev–Trinajstić information content (AvgIpc) is 3.43. The number of aromatic nitrogens is 4. The van der Waals surface area contributed by atoms with Gasteiger partial charge in [0.2, 0.25) is 6.41 Å². The molecule has 4 aromatic rings. The summed E-state index contributed by atoms with van der Waals surface area (Å²) in [6, 6.07) is 8.16. The molecule has 8 nitrogen and oxygen atoms in total. The highest BCUT2D eigenvalue weighted by Crippen LogP contribution is 2.34. The number of halogens is 4.